The predicted molar refractivity (Wildman–Crippen MR) is 79.0 cm³/mol. The fourth-order valence-corrected chi connectivity index (χ4v) is 2.24. The molecule has 0 aliphatic rings. The molecule has 108 valence electrons. The summed E-state index contributed by atoms with van der Waals surface area (Å²) >= 11 is 3.35. The first-order valence-corrected chi connectivity index (χ1v) is 7.13. The van der Waals surface area contributed by atoms with Crippen LogP contribution in [0.15, 0.2) is 35.1 Å². The molecule has 20 heavy (non-hydrogen) atoms. The van der Waals surface area contributed by atoms with Gasteiger partial charge in [0.25, 0.3) is 0 Å². The molecule has 2 aromatic rings. The van der Waals surface area contributed by atoms with Crippen molar-refractivity contribution >= 4 is 15.9 Å². The molecule has 2 rings (SSSR count). The van der Waals surface area contributed by atoms with E-state index < -0.39 is 0 Å². The number of nitrogens with zero attached hydrogens (tertiary/aromatic N) is 2. The van der Waals surface area contributed by atoms with Crippen LogP contribution in [0.1, 0.15) is 11.1 Å². The highest BCUT2D eigenvalue weighted by molar-refractivity contribution is 9.10. The average molecular weight is 342 g/mol. The highest BCUT2D eigenvalue weighted by atomic mass is 79.9. The lowest BCUT2D eigenvalue weighted by Gasteiger charge is -2.04. The average Bonchev–Trinajstić information content (AvgIpc) is 2.87. The quantitative estimate of drug-likeness (QED) is 0.786. The van der Waals surface area contributed by atoms with Crippen molar-refractivity contribution in [2.45, 2.75) is 13.1 Å². The Morgan fingerprint density at radius 3 is 3.10 bits per heavy atom. The third-order valence-electron chi connectivity index (χ3n) is 2.84. The molecule has 0 aliphatic heterocycles. The largest absolute Gasteiger partial charge is 0.383 e. The number of nitrogens with one attached hydrogen (secondary N) is 1. The normalized spacial score (nSPS) is 10.9. The molecule has 0 saturated heterocycles. The Morgan fingerprint density at radius 1 is 1.45 bits per heavy atom. The molecule has 0 saturated carbocycles. The van der Waals surface area contributed by atoms with Gasteiger partial charge in [0.2, 0.25) is 0 Å². The maximum atomic E-state index is 13.7. The molecule has 0 atom stereocenters. The van der Waals surface area contributed by atoms with Crippen molar-refractivity contribution in [2.75, 3.05) is 20.3 Å². The van der Waals surface area contributed by atoms with Crippen LogP contribution in [0.4, 0.5) is 4.39 Å². The van der Waals surface area contributed by atoms with E-state index in [1.165, 1.54) is 6.07 Å². The molecule has 6 heteroatoms. The zero-order valence-corrected chi connectivity index (χ0v) is 12.9. The predicted octanol–water partition coefficient (Wildman–Crippen LogP) is 2.57. The van der Waals surface area contributed by atoms with Gasteiger partial charge < -0.3 is 10.1 Å². The van der Waals surface area contributed by atoms with Gasteiger partial charge in [-0.1, -0.05) is 15.9 Å². The molecule has 0 spiro atoms. The van der Waals surface area contributed by atoms with Gasteiger partial charge >= 0.3 is 0 Å². The number of ether oxygens (including phenoxy) is 1. The Hall–Kier alpha value is -1.24. The van der Waals surface area contributed by atoms with Crippen molar-refractivity contribution in [2.24, 2.45) is 0 Å². The van der Waals surface area contributed by atoms with Crippen molar-refractivity contribution in [3.8, 4) is 0 Å². The molecule has 0 amide bonds. The van der Waals surface area contributed by atoms with Gasteiger partial charge in [-0.2, -0.15) is 5.10 Å². The second-order valence-corrected chi connectivity index (χ2v) is 5.37. The summed E-state index contributed by atoms with van der Waals surface area (Å²) in [4.78, 5) is 0. The lowest BCUT2D eigenvalue weighted by molar-refractivity contribution is 0.199. The number of aromatic nitrogens is 2. The molecule has 4 nitrogen and oxygen atoms in total. The van der Waals surface area contributed by atoms with Crippen LogP contribution >= 0.6 is 15.9 Å². The molecule has 1 aromatic heterocycles. The van der Waals surface area contributed by atoms with Crippen LogP contribution in [0, 0.1) is 5.82 Å². The highest BCUT2D eigenvalue weighted by Gasteiger charge is 2.05. The van der Waals surface area contributed by atoms with E-state index in [4.69, 9.17) is 4.74 Å². The zero-order chi connectivity index (χ0) is 14.4. The summed E-state index contributed by atoms with van der Waals surface area (Å²) in [7, 11) is 1.67. The summed E-state index contributed by atoms with van der Waals surface area (Å²) in [5, 5.41) is 7.48. The Morgan fingerprint density at radius 2 is 2.30 bits per heavy atom. The molecule has 1 aromatic carbocycles. The summed E-state index contributed by atoms with van der Waals surface area (Å²) < 4.78 is 21.2. The highest BCUT2D eigenvalue weighted by Crippen LogP contribution is 2.16. The Balaban J connectivity index is 1.93. The lowest BCUT2D eigenvalue weighted by Crippen LogP contribution is -2.18. The Bertz CT molecular complexity index is 559. The monoisotopic (exact) mass is 341 g/mol. The fraction of sp³-hybridized carbons (Fsp3) is 0.357. The van der Waals surface area contributed by atoms with Gasteiger partial charge in [-0.15, -0.1) is 0 Å². The van der Waals surface area contributed by atoms with Crippen molar-refractivity contribution in [3.05, 3.63) is 52.0 Å². The second-order valence-electron chi connectivity index (χ2n) is 4.45. The number of hydrogen-bond donors (Lipinski definition) is 1. The number of methoxy groups -OCH3 is 1. The molecular formula is C14H17BrFN3O. The van der Waals surface area contributed by atoms with Crippen LogP contribution in [-0.2, 0) is 17.8 Å². The SMILES string of the molecule is COCCNCc1cnn(Cc2cc(Br)ccc2F)c1. The molecule has 0 bridgehead atoms. The number of rotatable bonds is 7. The van der Waals surface area contributed by atoms with E-state index in [2.05, 4.69) is 26.3 Å². The minimum atomic E-state index is -0.219. The van der Waals surface area contributed by atoms with Crippen LogP contribution in [-0.4, -0.2) is 30.0 Å². The minimum Gasteiger partial charge on any atom is -0.383 e. The van der Waals surface area contributed by atoms with Crippen molar-refractivity contribution in [1.82, 2.24) is 15.1 Å². The van der Waals surface area contributed by atoms with E-state index in [0.29, 0.717) is 18.7 Å². The summed E-state index contributed by atoms with van der Waals surface area (Å²) in [5.74, 6) is -0.219. The van der Waals surface area contributed by atoms with Crippen LogP contribution in [0.3, 0.4) is 0 Å². The van der Waals surface area contributed by atoms with Gasteiger partial charge in [0.1, 0.15) is 5.82 Å². The fourth-order valence-electron chi connectivity index (χ4n) is 1.83. The second kappa shape index (κ2) is 7.52. The maximum absolute atomic E-state index is 13.7. The first-order valence-electron chi connectivity index (χ1n) is 6.34. The van der Waals surface area contributed by atoms with Crippen molar-refractivity contribution in [3.63, 3.8) is 0 Å². The Kier molecular flexibility index (Phi) is 5.70. The molecule has 0 aliphatic carbocycles. The third kappa shape index (κ3) is 4.40. The van der Waals surface area contributed by atoms with Gasteiger partial charge in [0.05, 0.1) is 19.3 Å². The van der Waals surface area contributed by atoms with Crippen LogP contribution < -0.4 is 5.32 Å². The molecule has 0 unspecified atom stereocenters. The maximum Gasteiger partial charge on any atom is 0.128 e. The summed E-state index contributed by atoms with van der Waals surface area (Å²) in [6, 6.07) is 4.91. The Labute approximate surface area is 126 Å². The molecule has 1 N–H and O–H groups in total. The topological polar surface area (TPSA) is 39.1 Å². The van der Waals surface area contributed by atoms with Crippen molar-refractivity contribution in [1.29, 1.82) is 0 Å². The number of halogens is 2. The first kappa shape index (κ1) is 15.2. The van der Waals surface area contributed by atoms with Crippen LogP contribution in [0.25, 0.3) is 0 Å². The summed E-state index contributed by atoms with van der Waals surface area (Å²) in [5.41, 5.74) is 1.68. The van der Waals surface area contributed by atoms with E-state index in [1.807, 2.05) is 6.20 Å². The number of hydrogen-bond acceptors (Lipinski definition) is 3. The third-order valence-corrected chi connectivity index (χ3v) is 3.33. The van der Waals surface area contributed by atoms with Crippen LogP contribution in [0.5, 0.6) is 0 Å². The van der Waals surface area contributed by atoms with Gasteiger partial charge in [-0.25, -0.2) is 4.39 Å². The molecule has 1 heterocycles. The molecule has 0 radical (unpaired) electrons. The van der Waals surface area contributed by atoms with E-state index in [0.717, 1.165) is 23.1 Å². The van der Waals surface area contributed by atoms with E-state index in [-0.39, 0.29) is 5.82 Å². The van der Waals surface area contributed by atoms with Gasteiger partial charge in [0.15, 0.2) is 0 Å². The molecule has 0 fully saturated rings. The van der Waals surface area contributed by atoms with Gasteiger partial charge in [-0.05, 0) is 18.2 Å². The standard InChI is InChI=1S/C14H17BrFN3O/c1-20-5-4-17-7-11-8-18-19(9-11)10-12-6-13(15)2-3-14(12)16/h2-3,6,8-9,17H,4-5,7,10H2,1H3. The summed E-state index contributed by atoms with van der Waals surface area (Å²) in [6.07, 6.45) is 3.70. The van der Waals surface area contributed by atoms with Crippen LogP contribution in [0.2, 0.25) is 0 Å². The molecular weight excluding hydrogens is 325 g/mol. The summed E-state index contributed by atoms with van der Waals surface area (Å²) in [6.45, 7) is 2.62. The smallest absolute Gasteiger partial charge is 0.128 e. The minimum absolute atomic E-state index is 0.219. The van der Waals surface area contributed by atoms with Gasteiger partial charge in [0, 0.05) is 42.0 Å². The van der Waals surface area contributed by atoms with E-state index in [9.17, 15) is 4.39 Å². The van der Waals surface area contributed by atoms with E-state index in [1.54, 1.807) is 30.1 Å². The lowest BCUT2D eigenvalue weighted by atomic mass is 10.2. The zero-order valence-electron chi connectivity index (χ0n) is 11.3. The van der Waals surface area contributed by atoms with E-state index >= 15 is 0 Å². The van der Waals surface area contributed by atoms with Crippen molar-refractivity contribution < 1.29 is 9.13 Å². The first-order chi connectivity index (χ1) is 9.69. The number of benzene rings is 1. The van der Waals surface area contributed by atoms with Gasteiger partial charge in [-0.3, -0.25) is 4.68 Å².